The van der Waals surface area contributed by atoms with E-state index in [1.807, 2.05) is 18.2 Å². The number of benzene rings is 3. The third-order valence-electron chi connectivity index (χ3n) is 6.09. The molecule has 0 saturated carbocycles. The second-order valence-corrected chi connectivity index (χ2v) is 10.7. The Labute approximate surface area is 208 Å². The van der Waals surface area contributed by atoms with Crippen LogP contribution in [-0.2, 0) is 29.4 Å². The first-order valence-corrected chi connectivity index (χ1v) is 13.2. The van der Waals surface area contributed by atoms with Crippen molar-refractivity contribution in [1.29, 1.82) is 0 Å². The number of aryl methyl sites for hydroxylation is 1. The van der Waals surface area contributed by atoms with Crippen LogP contribution in [0.1, 0.15) is 33.5 Å². The highest BCUT2D eigenvalue weighted by Crippen LogP contribution is 2.26. The molecular weight excluding hydrogens is 468 g/mol. The number of hydrogen-bond acceptors (Lipinski definition) is 4. The molecule has 4 rings (SSSR count). The van der Waals surface area contributed by atoms with E-state index in [4.69, 9.17) is 0 Å². The minimum absolute atomic E-state index is 0. The van der Waals surface area contributed by atoms with Gasteiger partial charge in [0.15, 0.2) is 5.78 Å². The summed E-state index contributed by atoms with van der Waals surface area (Å²) < 4.78 is 25.3. The van der Waals surface area contributed by atoms with Crippen LogP contribution in [0.25, 0.3) is 0 Å². The van der Waals surface area contributed by atoms with Gasteiger partial charge in [0.25, 0.3) is 0 Å². The third kappa shape index (κ3) is 7.42. The Morgan fingerprint density at radius 1 is 0.941 bits per heavy atom. The minimum Gasteiger partial charge on any atom is -0.293 e. The lowest BCUT2D eigenvalue weighted by Gasteiger charge is -2.30. The van der Waals surface area contributed by atoms with Crippen molar-refractivity contribution in [3.63, 3.8) is 0 Å². The number of nitrogens with zero attached hydrogens (tertiary/aromatic N) is 1. The number of hydrogen-bond donors (Lipinski definition) is 1. The highest BCUT2D eigenvalue weighted by Gasteiger charge is 2.22. The van der Waals surface area contributed by atoms with Gasteiger partial charge >= 0.3 is 0 Å². The molecule has 180 valence electrons. The first kappa shape index (κ1) is 25.9. The van der Waals surface area contributed by atoms with E-state index in [9.17, 15) is 13.2 Å². The molecule has 1 unspecified atom stereocenters. The van der Waals surface area contributed by atoms with Crippen LogP contribution in [0.2, 0.25) is 0 Å². The molecule has 34 heavy (non-hydrogen) atoms. The Hall–Kier alpha value is -2.67. The number of rotatable bonds is 9. The van der Waals surface area contributed by atoms with Gasteiger partial charge in [0.2, 0.25) is 10.0 Å². The molecule has 3 aromatic rings. The smallest absolute Gasteiger partial charge is 0.229 e. The third-order valence-corrected chi connectivity index (χ3v) is 6.70. The number of carbonyl (C=O) groups excluding carboxylic acids is 1. The number of halogens is 1. The molecule has 0 spiro atoms. The number of anilines is 1. The van der Waals surface area contributed by atoms with Crippen LogP contribution < -0.4 is 4.72 Å². The van der Waals surface area contributed by atoms with Gasteiger partial charge in [-0.1, -0.05) is 54.6 Å². The highest BCUT2D eigenvalue weighted by molar-refractivity contribution is 7.92. The summed E-state index contributed by atoms with van der Waals surface area (Å²) in [5.74, 6) is 0.547. The van der Waals surface area contributed by atoms with Gasteiger partial charge in [-0.25, -0.2) is 8.42 Å². The predicted octanol–water partition coefficient (Wildman–Crippen LogP) is 4.97. The first-order chi connectivity index (χ1) is 15.9. The molecule has 1 atom stereocenters. The molecule has 0 radical (unpaired) electrons. The number of Topliss-reactive ketones (excluding diaryl/α,β-unsaturated/α-hetero) is 1. The van der Waals surface area contributed by atoms with Crippen molar-refractivity contribution in [2.45, 2.75) is 25.8 Å². The van der Waals surface area contributed by atoms with Crippen LogP contribution in [-0.4, -0.2) is 38.4 Å². The van der Waals surface area contributed by atoms with E-state index in [0.29, 0.717) is 23.7 Å². The van der Waals surface area contributed by atoms with Crippen LogP contribution >= 0.6 is 12.4 Å². The van der Waals surface area contributed by atoms with Gasteiger partial charge in [-0.3, -0.25) is 14.4 Å². The highest BCUT2D eigenvalue weighted by atomic mass is 35.5. The largest absolute Gasteiger partial charge is 0.293 e. The molecular formula is C27H31ClN2O3S. The summed E-state index contributed by atoms with van der Waals surface area (Å²) >= 11 is 0. The van der Waals surface area contributed by atoms with E-state index in [1.165, 1.54) is 16.7 Å². The maximum atomic E-state index is 13.1. The van der Waals surface area contributed by atoms with Gasteiger partial charge in [0.1, 0.15) is 0 Å². The Bertz CT molecular complexity index is 1200. The molecule has 1 N–H and O–H groups in total. The van der Waals surface area contributed by atoms with Gasteiger partial charge in [0, 0.05) is 24.3 Å². The molecule has 0 saturated heterocycles. The SMILES string of the molecule is CS(=O)(=O)Nc1ccc(C(=O)CN(Cc2ccccc2)CC2CCc3ccccc3C2)cc1.Cl. The zero-order valence-electron chi connectivity index (χ0n) is 19.3. The Morgan fingerprint density at radius 3 is 2.26 bits per heavy atom. The molecule has 0 amide bonds. The quantitative estimate of drug-likeness (QED) is 0.423. The van der Waals surface area contributed by atoms with Crippen molar-refractivity contribution < 1.29 is 13.2 Å². The zero-order chi connectivity index (χ0) is 23.3. The number of nitrogens with one attached hydrogen (secondary N) is 1. The lowest BCUT2D eigenvalue weighted by molar-refractivity contribution is 0.0908. The topological polar surface area (TPSA) is 66.5 Å². The number of sulfonamides is 1. The van der Waals surface area contributed by atoms with Gasteiger partial charge < -0.3 is 0 Å². The molecule has 0 aromatic heterocycles. The summed E-state index contributed by atoms with van der Waals surface area (Å²) in [6, 6.07) is 25.5. The van der Waals surface area contributed by atoms with Crippen LogP contribution in [0.5, 0.6) is 0 Å². The van der Waals surface area contributed by atoms with E-state index in [2.05, 4.69) is 46.0 Å². The second kappa shape index (κ2) is 11.6. The summed E-state index contributed by atoms with van der Waals surface area (Å²) in [6.07, 6.45) is 4.36. The fourth-order valence-electron chi connectivity index (χ4n) is 4.55. The van der Waals surface area contributed by atoms with Crippen molar-refractivity contribution in [2.75, 3.05) is 24.1 Å². The Kier molecular flexibility index (Phi) is 8.89. The number of carbonyl (C=O) groups is 1. The fourth-order valence-corrected chi connectivity index (χ4v) is 5.12. The van der Waals surface area contributed by atoms with Crippen LogP contribution in [0.4, 0.5) is 5.69 Å². The summed E-state index contributed by atoms with van der Waals surface area (Å²) in [7, 11) is -3.34. The Balaban J connectivity index is 0.00000324. The first-order valence-electron chi connectivity index (χ1n) is 11.3. The van der Waals surface area contributed by atoms with Gasteiger partial charge in [-0.2, -0.15) is 0 Å². The standard InChI is InChI=1S/C27H30N2O3S.ClH/c1-33(31,32)28-26-15-13-24(14-16-26)27(30)20-29(18-21-7-3-2-4-8-21)19-22-11-12-23-9-5-6-10-25(23)17-22;/h2-10,13-16,22,28H,11-12,17-20H2,1H3;1H. The lowest BCUT2D eigenvalue weighted by atomic mass is 9.83. The molecule has 3 aromatic carbocycles. The molecule has 1 aliphatic rings. The molecule has 0 aliphatic heterocycles. The molecule has 0 fully saturated rings. The van der Waals surface area contributed by atoms with Crippen molar-refractivity contribution in [2.24, 2.45) is 5.92 Å². The van der Waals surface area contributed by atoms with Crippen LogP contribution in [0.15, 0.2) is 78.9 Å². The molecule has 0 bridgehead atoms. The van der Waals surface area contributed by atoms with Gasteiger partial charge in [0.05, 0.1) is 12.8 Å². The molecule has 0 heterocycles. The van der Waals surface area contributed by atoms with E-state index in [0.717, 1.165) is 38.6 Å². The lowest BCUT2D eigenvalue weighted by Crippen LogP contribution is -2.35. The van der Waals surface area contributed by atoms with E-state index >= 15 is 0 Å². The Morgan fingerprint density at radius 2 is 1.59 bits per heavy atom. The maximum absolute atomic E-state index is 13.1. The molecule has 5 nitrogen and oxygen atoms in total. The normalized spacial score (nSPS) is 15.3. The fraction of sp³-hybridized carbons (Fsp3) is 0.296. The summed E-state index contributed by atoms with van der Waals surface area (Å²) in [5.41, 5.74) is 5.10. The average molecular weight is 499 g/mol. The maximum Gasteiger partial charge on any atom is 0.229 e. The van der Waals surface area contributed by atoms with Crippen molar-refractivity contribution in [1.82, 2.24) is 4.90 Å². The molecule has 7 heteroatoms. The van der Waals surface area contributed by atoms with Crippen molar-refractivity contribution in [3.05, 3.63) is 101 Å². The van der Waals surface area contributed by atoms with Gasteiger partial charge in [-0.05, 0) is 66.1 Å². The summed E-state index contributed by atoms with van der Waals surface area (Å²) in [4.78, 5) is 15.4. The molecule has 1 aliphatic carbocycles. The van der Waals surface area contributed by atoms with Crippen molar-refractivity contribution >= 4 is 33.9 Å². The summed E-state index contributed by atoms with van der Waals surface area (Å²) in [5, 5.41) is 0. The van der Waals surface area contributed by atoms with Crippen molar-refractivity contribution in [3.8, 4) is 0 Å². The zero-order valence-corrected chi connectivity index (χ0v) is 20.9. The van der Waals surface area contributed by atoms with Crippen LogP contribution in [0.3, 0.4) is 0 Å². The summed E-state index contributed by atoms with van der Waals surface area (Å²) in [6.45, 7) is 1.91. The predicted molar refractivity (Wildman–Crippen MR) is 140 cm³/mol. The van der Waals surface area contributed by atoms with Gasteiger partial charge in [-0.15, -0.1) is 12.4 Å². The van der Waals surface area contributed by atoms with Crippen LogP contribution in [0, 0.1) is 5.92 Å². The van der Waals surface area contributed by atoms with E-state index < -0.39 is 10.0 Å². The number of ketones is 1. The van der Waals surface area contributed by atoms with E-state index in [1.54, 1.807) is 24.3 Å². The average Bonchev–Trinajstić information content (AvgIpc) is 2.79. The second-order valence-electron chi connectivity index (χ2n) is 8.91. The monoisotopic (exact) mass is 498 g/mol. The minimum atomic E-state index is -3.34. The number of fused-ring (bicyclic) bond motifs is 1. The van der Waals surface area contributed by atoms with E-state index in [-0.39, 0.29) is 18.2 Å².